The van der Waals surface area contributed by atoms with Crippen LogP contribution in [-0.2, 0) is 9.59 Å². The molecule has 134 valence electrons. The van der Waals surface area contributed by atoms with Gasteiger partial charge < -0.3 is 20.4 Å². The molecule has 25 heavy (non-hydrogen) atoms. The molecule has 1 aliphatic heterocycles. The Balaban J connectivity index is 2.05. The highest BCUT2D eigenvalue weighted by Crippen LogP contribution is 2.24. The standard InChI is InChI=1S/C16H20N4O4S/c1-3-20(4-2)11-6-5-10(12(21)7-11)9-17-19-16-18-15(24)13(25-16)8-14(22)23/h5-7,9,13,21H,3-4,8H2,1-2H3,(H,22,23)(H,18,19,24)/b17-9+. The van der Waals surface area contributed by atoms with Gasteiger partial charge in [0, 0.05) is 30.4 Å². The summed E-state index contributed by atoms with van der Waals surface area (Å²) < 4.78 is 0. The van der Waals surface area contributed by atoms with Crippen LogP contribution in [0, 0.1) is 0 Å². The van der Waals surface area contributed by atoms with Crippen molar-refractivity contribution in [1.82, 2.24) is 5.32 Å². The van der Waals surface area contributed by atoms with E-state index in [2.05, 4.69) is 20.4 Å². The van der Waals surface area contributed by atoms with Gasteiger partial charge in [0.25, 0.3) is 0 Å². The van der Waals surface area contributed by atoms with E-state index in [9.17, 15) is 14.7 Å². The number of phenolic OH excluding ortho intramolecular Hbond substituents is 1. The number of phenols is 1. The fourth-order valence-electron chi connectivity index (χ4n) is 2.32. The lowest BCUT2D eigenvalue weighted by Crippen LogP contribution is -2.26. The molecule has 0 radical (unpaired) electrons. The van der Waals surface area contributed by atoms with Crippen LogP contribution in [0.1, 0.15) is 25.8 Å². The summed E-state index contributed by atoms with van der Waals surface area (Å²) in [5.41, 5.74) is 1.41. The molecule has 1 atom stereocenters. The van der Waals surface area contributed by atoms with Crippen LogP contribution in [-0.4, -0.2) is 51.8 Å². The second-order valence-electron chi connectivity index (χ2n) is 5.26. The number of carboxylic acids is 1. The second-order valence-corrected chi connectivity index (χ2v) is 6.45. The van der Waals surface area contributed by atoms with Crippen LogP contribution in [0.15, 0.2) is 28.4 Å². The van der Waals surface area contributed by atoms with Crippen molar-refractivity contribution in [3.05, 3.63) is 23.8 Å². The van der Waals surface area contributed by atoms with Crippen LogP contribution in [0.3, 0.4) is 0 Å². The average molecular weight is 364 g/mol. The van der Waals surface area contributed by atoms with Gasteiger partial charge in [-0.15, -0.1) is 5.10 Å². The minimum atomic E-state index is -1.05. The maximum atomic E-state index is 11.6. The van der Waals surface area contributed by atoms with Gasteiger partial charge in [0.15, 0.2) is 5.17 Å². The van der Waals surface area contributed by atoms with E-state index < -0.39 is 17.1 Å². The van der Waals surface area contributed by atoms with Gasteiger partial charge in [-0.05, 0) is 26.0 Å². The van der Waals surface area contributed by atoms with Crippen molar-refractivity contribution in [2.45, 2.75) is 25.5 Å². The summed E-state index contributed by atoms with van der Waals surface area (Å²) in [5.74, 6) is -1.36. The number of nitrogens with zero attached hydrogens (tertiary/aromatic N) is 3. The van der Waals surface area contributed by atoms with Crippen LogP contribution in [0.25, 0.3) is 0 Å². The molecule has 0 aliphatic carbocycles. The number of amides is 1. The smallest absolute Gasteiger partial charge is 0.305 e. The Hall–Kier alpha value is -2.55. The van der Waals surface area contributed by atoms with Crippen LogP contribution >= 0.6 is 11.8 Å². The molecule has 1 fully saturated rings. The van der Waals surface area contributed by atoms with E-state index in [0.717, 1.165) is 30.5 Å². The highest BCUT2D eigenvalue weighted by molar-refractivity contribution is 8.15. The summed E-state index contributed by atoms with van der Waals surface area (Å²) in [4.78, 5) is 24.4. The number of amidine groups is 1. The molecule has 9 heteroatoms. The van der Waals surface area contributed by atoms with Gasteiger partial charge in [-0.2, -0.15) is 5.10 Å². The fraction of sp³-hybridized carbons (Fsp3) is 0.375. The minimum Gasteiger partial charge on any atom is -0.507 e. The third-order valence-electron chi connectivity index (χ3n) is 3.62. The Morgan fingerprint density at radius 1 is 1.40 bits per heavy atom. The van der Waals surface area contributed by atoms with Crippen molar-refractivity contribution < 1.29 is 19.8 Å². The molecule has 0 bridgehead atoms. The first-order valence-corrected chi connectivity index (χ1v) is 8.70. The highest BCUT2D eigenvalue weighted by Gasteiger charge is 2.32. The van der Waals surface area contributed by atoms with Crippen molar-refractivity contribution in [1.29, 1.82) is 0 Å². The van der Waals surface area contributed by atoms with Gasteiger partial charge in [0.05, 0.1) is 12.6 Å². The van der Waals surface area contributed by atoms with E-state index in [4.69, 9.17) is 5.11 Å². The van der Waals surface area contributed by atoms with Crippen LogP contribution < -0.4 is 10.2 Å². The lowest BCUT2D eigenvalue weighted by atomic mass is 10.2. The van der Waals surface area contributed by atoms with E-state index in [1.54, 1.807) is 12.1 Å². The summed E-state index contributed by atoms with van der Waals surface area (Å²) in [6.45, 7) is 5.76. The molecule has 2 rings (SSSR count). The van der Waals surface area contributed by atoms with Crippen molar-refractivity contribution in [2.24, 2.45) is 10.2 Å². The summed E-state index contributed by atoms with van der Waals surface area (Å²) in [5, 5.41) is 28.6. The van der Waals surface area contributed by atoms with Gasteiger partial charge in [-0.1, -0.05) is 11.8 Å². The van der Waals surface area contributed by atoms with E-state index in [1.807, 2.05) is 19.9 Å². The number of benzene rings is 1. The Morgan fingerprint density at radius 2 is 2.12 bits per heavy atom. The van der Waals surface area contributed by atoms with E-state index in [1.165, 1.54) is 6.21 Å². The van der Waals surface area contributed by atoms with Crippen LogP contribution in [0.4, 0.5) is 5.69 Å². The van der Waals surface area contributed by atoms with Gasteiger partial charge in [-0.3, -0.25) is 9.59 Å². The van der Waals surface area contributed by atoms with Crippen molar-refractivity contribution in [3.8, 4) is 5.75 Å². The molecule has 1 aromatic carbocycles. The largest absolute Gasteiger partial charge is 0.507 e. The Labute approximate surface area is 149 Å². The van der Waals surface area contributed by atoms with Crippen LogP contribution in [0.2, 0.25) is 0 Å². The zero-order valence-electron chi connectivity index (χ0n) is 14.0. The molecule has 1 aliphatic rings. The SMILES string of the molecule is CCN(CC)c1ccc(/C=N/N=C2\NC(=O)C(CC(=O)O)S2)c(O)c1. The Morgan fingerprint density at radius 3 is 2.72 bits per heavy atom. The number of aliphatic carboxylic acids is 1. The number of hydrogen-bond acceptors (Lipinski definition) is 7. The topological polar surface area (TPSA) is 115 Å². The highest BCUT2D eigenvalue weighted by atomic mass is 32.2. The Kier molecular flexibility index (Phi) is 6.40. The number of carboxylic acid groups (broad SMARTS) is 1. The lowest BCUT2D eigenvalue weighted by molar-refractivity contribution is -0.138. The predicted molar refractivity (Wildman–Crippen MR) is 98.5 cm³/mol. The quantitative estimate of drug-likeness (QED) is 0.500. The zero-order chi connectivity index (χ0) is 18.4. The summed E-state index contributed by atoms with van der Waals surface area (Å²) in [6, 6.07) is 5.28. The zero-order valence-corrected chi connectivity index (χ0v) is 14.8. The summed E-state index contributed by atoms with van der Waals surface area (Å²) in [7, 11) is 0. The number of aromatic hydroxyl groups is 1. The number of hydrogen-bond donors (Lipinski definition) is 3. The minimum absolute atomic E-state index is 0.0835. The lowest BCUT2D eigenvalue weighted by Gasteiger charge is -2.21. The van der Waals surface area contributed by atoms with Gasteiger partial charge in [0.1, 0.15) is 11.0 Å². The molecule has 3 N–H and O–H groups in total. The third kappa shape index (κ3) is 4.96. The molecular weight excluding hydrogens is 344 g/mol. The molecule has 1 aromatic rings. The van der Waals surface area contributed by atoms with E-state index >= 15 is 0 Å². The van der Waals surface area contributed by atoms with E-state index in [-0.39, 0.29) is 17.3 Å². The number of rotatable bonds is 7. The normalized spacial score (nSPS) is 18.7. The average Bonchev–Trinajstić information content (AvgIpc) is 2.89. The van der Waals surface area contributed by atoms with Crippen LogP contribution in [0.5, 0.6) is 5.75 Å². The maximum Gasteiger partial charge on any atom is 0.305 e. The molecule has 0 saturated carbocycles. The molecule has 1 amide bonds. The molecule has 0 aromatic heterocycles. The molecule has 1 unspecified atom stereocenters. The second kappa shape index (κ2) is 8.52. The fourth-order valence-corrected chi connectivity index (χ4v) is 3.23. The van der Waals surface area contributed by atoms with E-state index in [0.29, 0.717) is 5.56 Å². The molecule has 1 heterocycles. The molecular formula is C16H20N4O4S. The number of anilines is 1. The van der Waals surface area contributed by atoms with Crippen molar-refractivity contribution in [2.75, 3.05) is 18.0 Å². The van der Waals surface area contributed by atoms with Gasteiger partial charge in [0.2, 0.25) is 5.91 Å². The first-order valence-electron chi connectivity index (χ1n) is 7.82. The molecule has 0 spiro atoms. The van der Waals surface area contributed by atoms with Crippen molar-refractivity contribution >= 4 is 40.7 Å². The number of nitrogens with one attached hydrogen (secondary N) is 1. The maximum absolute atomic E-state index is 11.6. The Bertz CT molecular complexity index is 716. The predicted octanol–water partition coefficient (Wildman–Crippen LogP) is 1.63. The van der Waals surface area contributed by atoms with Gasteiger partial charge in [-0.25, -0.2) is 0 Å². The van der Waals surface area contributed by atoms with Gasteiger partial charge >= 0.3 is 5.97 Å². The monoisotopic (exact) mass is 364 g/mol. The first-order chi connectivity index (χ1) is 11.9. The first kappa shape index (κ1) is 18.8. The van der Waals surface area contributed by atoms with Crippen molar-refractivity contribution in [3.63, 3.8) is 0 Å². The number of carbonyl (C=O) groups excluding carboxylic acids is 1. The summed E-state index contributed by atoms with van der Waals surface area (Å²) >= 11 is 1.02. The number of thioether (sulfide) groups is 1. The number of carbonyl (C=O) groups is 2. The molecule has 8 nitrogen and oxygen atoms in total. The molecule has 1 saturated heterocycles. The third-order valence-corrected chi connectivity index (χ3v) is 4.70. The summed E-state index contributed by atoms with van der Waals surface area (Å²) in [6.07, 6.45) is 1.11.